The summed E-state index contributed by atoms with van der Waals surface area (Å²) in [6.45, 7) is 2.96. The highest BCUT2D eigenvalue weighted by atomic mass is 35.5. The van der Waals surface area contributed by atoms with Gasteiger partial charge in [0.25, 0.3) is 0 Å². The van der Waals surface area contributed by atoms with Gasteiger partial charge in [0.1, 0.15) is 5.82 Å². The lowest BCUT2D eigenvalue weighted by Crippen LogP contribution is -2.39. The van der Waals surface area contributed by atoms with Crippen molar-refractivity contribution in [3.63, 3.8) is 0 Å². The van der Waals surface area contributed by atoms with Gasteiger partial charge in [-0.2, -0.15) is 4.31 Å². The third-order valence-corrected chi connectivity index (χ3v) is 7.60. The van der Waals surface area contributed by atoms with Crippen molar-refractivity contribution < 1.29 is 17.6 Å². The van der Waals surface area contributed by atoms with Crippen LogP contribution in [0.2, 0.25) is 5.02 Å². The summed E-state index contributed by atoms with van der Waals surface area (Å²) in [5.74, 6) is -0.711. The molecule has 1 aliphatic heterocycles. The summed E-state index contributed by atoms with van der Waals surface area (Å²) in [4.78, 5) is 14.5. The van der Waals surface area contributed by atoms with E-state index in [0.29, 0.717) is 29.4 Å². The van der Waals surface area contributed by atoms with E-state index in [1.54, 1.807) is 37.1 Å². The number of hydrogen-bond acceptors (Lipinski definition) is 4. The molecule has 0 bridgehead atoms. The van der Waals surface area contributed by atoms with Crippen molar-refractivity contribution in [2.24, 2.45) is 0 Å². The maximum absolute atomic E-state index is 14.0. The maximum atomic E-state index is 14.0. The predicted octanol–water partition coefficient (Wildman–Crippen LogP) is 3.72. The number of rotatable bonds is 7. The summed E-state index contributed by atoms with van der Waals surface area (Å²) in [6, 6.07) is 10.0. The number of hydrogen-bond donors (Lipinski definition) is 1. The van der Waals surface area contributed by atoms with Gasteiger partial charge in [-0.15, -0.1) is 0 Å². The molecule has 0 aliphatic carbocycles. The number of nitrogens with one attached hydrogen (secondary N) is 1. The molecule has 1 unspecified atom stereocenters. The number of amides is 1. The second-order valence-corrected chi connectivity index (χ2v) is 9.76. The zero-order chi connectivity index (χ0) is 21.9. The molecule has 9 heteroatoms. The summed E-state index contributed by atoms with van der Waals surface area (Å²) in [7, 11) is -1.79. The Bertz CT molecular complexity index is 988. The molecule has 1 saturated heterocycles. The molecule has 162 valence electrons. The summed E-state index contributed by atoms with van der Waals surface area (Å²) >= 11 is 6.07. The maximum Gasteiger partial charge on any atom is 0.243 e. The molecular weight excluding hydrogens is 429 g/mol. The van der Waals surface area contributed by atoms with Gasteiger partial charge >= 0.3 is 0 Å². The molecule has 1 fully saturated rings. The number of nitrogens with zero attached hydrogens (tertiary/aromatic N) is 2. The van der Waals surface area contributed by atoms with Gasteiger partial charge in [-0.25, -0.2) is 12.8 Å². The Morgan fingerprint density at radius 2 is 1.83 bits per heavy atom. The molecule has 0 saturated carbocycles. The molecule has 6 nitrogen and oxygen atoms in total. The lowest BCUT2D eigenvalue weighted by Gasteiger charge is -2.24. The second kappa shape index (κ2) is 9.43. The largest absolute Gasteiger partial charge is 0.325 e. The van der Waals surface area contributed by atoms with E-state index < -0.39 is 21.9 Å². The van der Waals surface area contributed by atoms with Crippen molar-refractivity contribution in [2.75, 3.05) is 25.5 Å². The molecule has 2 aromatic carbocycles. The highest BCUT2D eigenvalue weighted by Crippen LogP contribution is 2.23. The molecule has 0 radical (unpaired) electrons. The minimum Gasteiger partial charge on any atom is -0.325 e. The topological polar surface area (TPSA) is 69.7 Å². The third-order valence-electron chi connectivity index (χ3n) is 5.33. The van der Waals surface area contributed by atoms with Crippen LogP contribution in [-0.2, 0) is 21.4 Å². The monoisotopic (exact) mass is 453 g/mol. The summed E-state index contributed by atoms with van der Waals surface area (Å²) in [5, 5.41) is 3.08. The van der Waals surface area contributed by atoms with Crippen molar-refractivity contribution in [3.8, 4) is 0 Å². The SMILES string of the molecule is CC(C(=O)Nc1ccc(S(=O)(=O)N2CCCC2)cc1)N(C)Cc1c(F)cccc1Cl. The fourth-order valence-corrected chi connectivity index (χ4v) is 5.04. The second-order valence-electron chi connectivity index (χ2n) is 7.42. The van der Waals surface area contributed by atoms with Crippen LogP contribution in [0.25, 0.3) is 0 Å². The van der Waals surface area contributed by atoms with E-state index in [1.165, 1.54) is 28.6 Å². The van der Waals surface area contributed by atoms with E-state index in [9.17, 15) is 17.6 Å². The first-order chi connectivity index (χ1) is 14.2. The Balaban J connectivity index is 1.63. The van der Waals surface area contributed by atoms with Gasteiger partial charge in [0.15, 0.2) is 0 Å². The molecule has 0 spiro atoms. The Morgan fingerprint density at radius 1 is 1.20 bits per heavy atom. The van der Waals surface area contributed by atoms with Crippen LogP contribution in [0.4, 0.5) is 10.1 Å². The minimum atomic E-state index is -3.49. The van der Waals surface area contributed by atoms with Crippen molar-refractivity contribution >= 4 is 33.2 Å². The lowest BCUT2D eigenvalue weighted by molar-refractivity contribution is -0.120. The summed E-state index contributed by atoms with van der Waals surface area (Å²) in [5.41, 5.74) is 0.822. The van der Waals surface area contributed by atoms with Crippen LogP contribution in [0.5, 0.6) is 0 Å². The molecule has 1 N–H and O–H groups in total. The number of likely N-dealkylation sites (N-methyl/N-ethyl adjacent to an activating group) is 1. The number of halogens is 2. The summed E-state index contributed by atoms with van der Waals surface area (Å²) in [6.07, 6.45) is 1.74. The molecule has 0 aromatic heterocycles. The van der Waals surface area contributed by atoms with E-state index in [0.717, 1.165) is 12.8 Å². The van der Waals surface area contributed by atoms with Crippen LogP contribution in [0.1, 0.15) is 25.3 Å². The first-order valence-electron chi connectivity index (χ1n) is 9.74. The van der Waals surface area contributed by atoms with Crippen LogP contribution in [0.15, 0.2) is 47.4 Å². The lowest BCUT2D eigenvalue weighted by atomic mass is 10.1. The van der Waals surface area contributed by atoms with E-state index >= 15 is 0 Å². The molecule has 3 rings (SSSR count). The third kappa shape index (κ3) is 5.00. The van der Waals surface area contributed by atoms with Gasteiger partial charge in [-0.3, -0.25) is 9.69 Å². The van der Waals surface area contributed by atoms with Crippen LogP contribution in [0.3, 0.4) is 0 Å². The molecule has 1 amide bonds. The van der Waals surface area contributed by atoms with E-state index in [-0.39, 0.29) is 17.3 Å². The highest BCUT2D eigenvalue weighted by molar-refractivity contribution is 7.89. The number of anilines is 1. The van der Waals surface area contributed by atoms with Crippen LogP contribution >= 0.6 is 11.6 Å². The minimum absolute atomic E-state index is 0.174. The van der Waals surface area contributed by atoms with Crippen molar-refractivity contribution in [3.05, 3.63) is 58.9 Å². The molecule has 1 atom stereocenters. The van der Waals surface area contributed by atoms with Crippen LogP contribution in [0, 0.1) is 5.82 Å². The molecule has 30 heavy (non-hydrogen) atoms. The average molecular weight is 454 g/mol. The number of sulfonamides is 1. The number of benzene rings is 2. The van der Waals surface area contributed by atoms with Gasteiger partial charge in [0.2, 0.25) is 15.9 Å². The highest BCUT2D eigenvalue weighted by Gasteiger charge is 2.27. The Kier molecular flexibility index (Phi) is 7.13. The predicted molar refractivity (Wildman–Crippen MR) is 115 cm³/mol. The van der Waals surface area contributed by atoms with E-state index in [4.69, 9.17) is 11.6 Å². The zero-order valence-electron chi connectivity index (χ0n) is 16.9. The van der Waals surface area contributed by atoms with Gasteiger partial charge in [0.05, 0.1) is 10.9 Å². The average Bonchev–Trinajstić information content (AvgIpc) is 3.26. The van der Waals surface area contributed by atoms with Crippen molar-refractivity contribution in [2.45, 2.75) is 37.2 Å². The van der Waals surface area contributed by atoms with Crippen molar-refractivity contribution in [1.82, 2.24) is 9.21 Å². The number of carbonyl (C=O) groups is 1. The fourth-order valence-electron chi connectivity index (χ4n) is 3.30. The summed E-state index contributed by atoms with van der Waals surface area (Å²) < 4.78 is 40.7. The first kappa shape index (κ1) is 22.7. The van der Waals surface area contributed by atoms with Crippen molar-refractivity contribution in [1.29, 1.82) is 0 Å². The Labute approximate surface area is 181 Å². The zero-order valence-corrected chi connectivity index (χ0v) is 18.5. The van der Waals surface area contributed by atoms with Gasteiger partial charge in [-0.1, -0.05) is 17.7 Å². The van der Waals surface area contributed by atoms with E-state index in [2.05, 4.69) is 5.32 Å². The van der Waals surface area contributed by atoms with Gasteiger partial charge < -0.3 is 5.32 Å². The van der Waals surface area contributed by atoms with Gasteiger partial charge in [-0.05, 0) is 63.2 Å². The van der Waals surface area contributed by atoms with Crippen LogP contribution in [-0.4, -0.2) is 49.7 Å². The normalized spacial score (nSPS) is 16.0. The molecule has 2 aromatic rings. The molecule has 1 aliphatic rings. The Morgan fingerprint density at radius 3 is 2.43 bits per heavy atom. The quantitative estimate of drug-likeness (QED) is 0.693. The Hall–Kier alpha value is -2.00. The molecular formula is C21H25ClFN3O3S. The van der Waals surface area contributed by atoms with E-state index in [1.807, 2.05) is 0 Å². The smallest absolute Gasteiger partial charge is 0.243 e. The fraction of sp³-hybridized carbons (Fsp3) is 0.381. The standard InChI is InChI=1S/C21H25ClFN3O3S/c1-15(25(2)14-18-19(22)6-5-7-20(18)23)21(27)24-16-8-10-17(11-9-16)30(28,29)26-12-3-4-13-26/h5-11,15H,3-4,12-14H2,1-2H3,(H,24,27). The molecule has 1 heterocycles. The number of carbonyl (C=O) groups excluding carboxylic acids is 1. The van der Waals surface area contributed by atoms with Crippen LogP contribution < -0.4 is 5.32 Å². The first-order valence-corrected chi connectivity index (χ1v) is 11.6. The van der Waals surface area contributed by atoms with Gasteiger partial charge in [0, 0.05) is 35.9 Å².